The maximum atomic E-state index is 12.2. The highest BCUT2D eigenvalue weighted by Crippen LogP contribution is 2.21. The van der Waals surface area contributed by atoms with Crippen molar-refractivity contribution in [2.75, 3.05) is 26.3 Å². The first-order chi connectivity index (χ1) is 8.72. The number of hydrogen-bond acceptors (Lipinski definition) is 4. The molecule has 2 fully saturated rings. The lowest BCUT2D eigenvalue weighted by molar-refractivity contribution is -0.153. The van der Waals surface area contributed by atoms with Crippen molar-refractivity contribution in [1.29, 1.82) is 0 Å². The lowest BCUT2D eigenvalue weighted by Gasteiger charge is -2.32. The maximum absolute atomic E-state index is 12.2. The van der Waals surface area contributed by atoms with Crippen molar-refractivity contribution in [3.8, 4) is 0 Å². The monoisotopic (exact) mass is 255 g/mol. The van der Waals surface area contributed by atoms with Gasteiger partial charge in [-0.15, -0.1) is 0 Å². The van der Waals surface area contributed by atoms with Crippen molar-refractivity contribution in [3.05, 3.63) is 0 Å². The van der Waals surface area contributed by atoms with Gasteiger partial charge in [-0.25, -0.2) is 0 Å². The zero-order valence-electron chi connectivity index (χ0n) is 10.9. The van der Waals surface area contributed by atoms with Crippen LogP contribution in [-0.4, -0.2) is 49.2 Å². The van der Waals surface area contributed by atoms with Crippen LogP contribution in [0, 0.1) is 5.92 Å². The quantitative estimate of drug-likeness (QED) is 0.705. The van der Waals surface area contributed by atoms with E-state index in [9.17, 15) is 9.59 Å². The lowest BCUT2D eigenvalue weighted by atomic mass is 9.97. The molecule has 0 spiro atoms. The minimum Gasteiger partial charge on any atom is -0.466 e. The van der Waals surface area contributed by atoms with E-state index in [4.69, 9.17) is 9.47 Å². The van der Waals surface area contributed by atoms with E-state index < -0.39 is 0 Å². The average molecular weight is 255 g/mol. The number of ether oxygens (including phenoxy) is 2. The molecule has 2 atom stereocenters. The summed E-state index contributed by atoms with van der Waals surface area (Å²) in [5.74, 6) is -0.298. The first-order valence-corrected chi connectivity index (χ1v) is 6.79. The molecule has 5 nitrogen and oxygen atoms in total. The van der Waals surface area contributed by atoms with E-state index in [-0.39, 0.29) is 23.9 Å². The zero-order valence-corrected chi connectivity index (χ0v) is 10.9. The first-order valence-electron chi connectivity index (χ1n) is 6.79. The van der Waals surface area contributed by atoms with E-state index in [1.54, 1.807) is 11.8 Å². The summed E-state index contributed by atoms with van der Waals surface area (Å²) in [4.78, 5) is 25.6. The van der Waals surface area contributed by atoms with Gasteiger partial charge in [0.1, 0.15) is 6.10 Å². The zero-order chi connectivity index (χ0) is 13.0. The molecule has 1 amide bonds. The molecule has 0 N–H and O–H groups in total. The van der Waals surface area contributed by atoms with Crippen molar-refractivity contribution in [2.24, 2.45) is 5.92 Å². The molecular formula is C13H21NO4. The number of amides is 1. The molecule has 102 valence electrons. The molecule has 18 heavy (non-hydrogen) atoms. The van der Waals surface area contributed by atoms with Crippen LogP contribution in [0.5, 0.6) is 0 Å². The van der Waals surface area contributed by atoms with Gasteiger partial charge < -0.3 is 14.4 Å². The van der Waals surface area contributed by atoms with Gasteiger partial charge in [-0.2, -0.15) is 0 Å². The highest BCUT2D eigenvalue weighted by atomic mass is 16.5. The van der Waals surface area contributed by atoms with E-state index >= 15 is 0 Å². The predicted molar refractivity (Wildman–Crippen MR) is 64.9 cm³/mol. The third kappa shape index (κ3) is 3.02. The minimum atomic E-state index is -0.286. The number of likely N-dealkylation sites (tertiary alicyclic amines) is 1. The van der Waals surface area contributed by atoms with Crippen molar-refractivity contribution in [2.45, 2.75) is 38.7 Å². The fraction of sp³-hybridized carbons (Fsp3) is 0.846. The molecule has 2 aliphatic heterocycles. The molecule has 0 bridgehead atoms. The summed E-state index contributed by atoms with van der Waals surface area (Å²) in [7, 11) is 0. The van der Waals surface area contributed by atoms with Gasteiger partial charge in [0, 0.05) is 19.7 Å². The number of carbonyl (C=O) groups excluding carboxylic acids is 2. The van der Waals surface area contributed by atoms with Crippen LogP contribution in [0.4, 0.5) is 0 Å². The molecule has 0 aromatic rings. The largest absolute Gasteiger partial charge is 0.466 e. The van der Waals surface area contributed by atoms with E-state index in [0.717, 1.165) is 32.2 Å². The second-order valence-corrected chi connectivity index (χ2v) is 4.88. The number of carbonyl (C=O) groups is 2. The molecule has 2 saturated heterocycles. The lowest BCUT2D eigenvalue weighted by Crippen LogP contribution is -2.46. The molecule has 2 aliphatic rings. The van der Waals surface area contributed by atoms with Crippen LogP contribution in [0.3, 0.4) is 0 Å². The Bertz CT molecular complexity index is 312. The van der Waals surface area contributed by atoms with Crippen molar-refractivity contribution in [3.63, 3.8) is 0 Å². The third-order valence-corrected chi connectivity index (χ3v) is 3.56. The van der Waals surface area contributed by atoms with Crippen LogP contribution in [0.1, 0.15) is 32.6 Å². The second-order valence-electron chi connectivity index (χ2n) is 4.88. The fourth-order valence-electron chi connectivity index (χ4n) is 2.61. The normalized spacial score (nSPS) is 28.2. The molecule has 0 aliphatic carbocycles. The van der Waals surface area contributed by atoms with Gasteiger partial charge >= 0.3 is 5.97 Å². The maximum Gasteiger partial charge on any atom is 0.310 e. The predicted octanol–water partition coefficient (Wildman–Crippen LogP) is 0.967. The summed E-state index contributed by atoms with van der Waals surface area (Å²) in [6.07, 6.45) is 3.15. The molecule has 0 aromatic heterocycles. The van der Waals surface area contributed by atoms with E-state index in [1.165, 1.54) is 0 Å². The molecule has 5 heteroatoms. The number of nitrogens with zero attached hydrogens (tertiary/aromatic N) is 1. The highest BCUT2D eigenvalue weighted by molar-refractivity contribution is 5.82. The number of esters is 1. The van der Waals surface area contributed by atoms with Crippen molar-refractivity contribution >= 4 is 11.9 Å². The number of piperidine rings is 1. The Morgan fingerprint density at radius 1 is 1.33 bits per heavy atom. The Kier molecular flexibility index (Phi) is 4.58. The Labute approximate surface area is 107 Å². The molecule has 2 rings (SSSR count). The Morgan fingerprint density at radius 3 is 2.83 bits per heavy atom. The summed E-state index contributed by atoms with van der Waals surface area (Å²) in [6.45, 7) is 4.09. The van der Waals surface area contributed by atoms with Crippen LogP contribution in [-0.2, 0) is 19.1 Å². The third-order valence-electron chi connectivity index (χ3n) is 3.56. The summed E-state index contributed by atoms with van der Waals surface area (Å²) in [5, 5.41) is 0. The standard InChI is InChI=1S/C13H21NO4/c1-2-17-13(16)10-5-3-7-14(9-10)12(15)11-6-4-8-18-11/h10-11H,2-9H2,1H3/t10?,11-/m0/s1. The molecule has 0 saturated carbocycles. The second kappa shape index (κ2) is 6.18. The molecule has 1 unspecified atom stereocenters. The highest BCUT2D eigenvalue weighted by Gasteiger charge is 2.34. The van der Waals surface area contributed by atoms with Crippen LogP contribution in [0.15, 0.2) is 0 Å². The summed E-state index contributed by atoms with van der Waals surface area (Å²) in [6, 6.07) is 0. The van der Waals surface area contributed by atoms with Crippen LogP contribution >= 0.6 is 0 Å². The van der Waals surface area contributed by atoms with Crippen LogP contribution < -0.4 is 0 Å². The Balaban J connectivity index is 1.89. The van der Waals surface area contributed by atoms with Gasteiger partial charge in [0.15, 0.2) is 0 Å². The van der Waals surface area contributed by atoms with Gasteiger partial charge in [0.2, 0.25) is 0 Å². The van der Waals surface area contributed by atoms with E-state index in [2.05, 4.69) is 0 Å². The number of rotatable bonds is 3. The van der Waals surface area contributed by atoms with E-state index in [0.29, 0.717) is 19.8 Å². The molecule has 2 heterocycles. The van der Waals surface area contributed by atoms with Gasteiger partial charge in [-0.3, -0.25) is 9.59 Å². The molecule has 0 aromatic carbocycles. The Morgan fingerprint density at radius 2 is 2.17 bits per heavy atom. The summed E-state index contributed by atoms with van der Waals surface area (Å²) in [5.41, 5.74) is 0. The SMILES string of the molecule is CCOC(=O)C1CCCN(C(=O)[C@@H]2CCCO2)C1. The van der Waals surface area contributed by atoms with Crippen LogP contribution in [0.25, 0.3) is 0 Å². The van der Waals surface area contributed by atoms with Gasteiger partial charge in [0.05, 0.1) is 12.5 Å². The van der Waals surface area contributed by atoms with Gasteiger partial charge in [-0.05, 0) is 32.6 Å². The number of hydrogen-bond donors (Lipinski definition) is 0. The fourth-order valence-corrected chi connectivity index (χ4v) is 2.61. The van der Waals surface area contributed by atoms with Crippen molar-refractivity contribution in [1.82, 2.24) is 4.90 Å². The summed E-state index contributed by atoms with van der Waals surface area (Å²) < 4.78 is 10.4. The van der Waals surface area contributed by atoms with Crippen molar-refractivity contribution < 1.29 is 19.1 Å². The smallest absolute Gasteiger partial charge is 0.310 e. The Hall–Kier alpha value is -1.10. The van der Waals surface area contributed by atoms with Gasteiger partial charge in [-0.1, -0.05) is 0 Å². The van der Waals surface area contributed by atoms with E-state index in [1.807, 2.05) is 0 Å². The topological polar surface area (TPSA) is 55.8 Å². The molecular weight excluding hydrogens is 234 g/mol. The first kappa shape index (κ1) is 13.3. The minimum absolute atomic E-state index is 0.0431. The van der Waals surface area contributed by atoms with Crippen LogP contribution in [0.2, 0.25) is 0 Å². The average Bonchev–Trinajstić information content (AvgIpc) is 2.92. The summed E-state index contributed by atoms with van der Waals surface area (Å²) >= 11 is 0. The van der Waals surface area contributed by atoms with Gasteiger partial charge in [0.25, 0.3) is 5.91 Å². The molecule has 0 radical (unpaired) electrons.